The lowest BCUT2D eigenvalue weighted by atomic mass is 10.1. The topological polar surface area (TPSA) is 54.1 Å². The Bertz CT molecular complexity index is 585. The molecule has 17 heavy (non-hydrogen) atoms. The molecule has 2 heterocycles. The van der Waals surface area contributed by atoms with Gasteiger partial charge in [0.25, 0.3) is 5.56 Å². The van der Waals surface area contributed by atoms with Crippen molar-refractivity contribution in [3.8, 4) is 5.75 Å². The van der Waals surface area contributed by atoms with Crippen LogP contribution in [-0.4, -0.2) is 24.2 Å². The fraction of sp³-hybridized carbons (Fsp3) is 0.308. The van der Waals surface area contributed by atoms with Crippen molar-refractivity contribution in [2.45, 2.75) is 12.5 Å². The molecule has 1 fully saturated rings. The van der Waals surface area contributed by atoms with Crippen LogP contribution in [0.1, 0.15) is 6.42 Å². The Hall–Kier alpha value is -1.81. The third-order valence-corrected chi connectivity index (χ3v) is 3.06. The van der Waals surface area contributed by atoms with Gasteiger partial charge in [-0.15, -0.1) is 0 Å². The second-order valence-corrected chi connectivity index (χ2v) is 4.29. The molecule has 0 unspecified atom stereocenters. The van der Waals surface area contributed by atoms with E-state index >= 15 is 0 Å². The molecule has 88 valence electrons. The van der Waals surface area contributed by atoms with Crippen LogP contribution >= 0.6 is 0 Å². The predicted molar refractivity (Wildman–Crippen MR) is 66.5 cm³/mol. The molecule has 0 saturated carbocycles. The number of H-pyrrole nitrogens is 1. The number of rotatable bonds is 2. The normalized spacial score (nSPS) is 19.6. The van der Waals surface area contributed by atoms with E-state index in [0.717, 1.165) is 30.6 Å². The van der Waals surface area contributed by atoms with Gasteiger partial charge in [-0.25, -0.2) is 0 Å². The molecule has 0 aliphatic carbocycles. The van der Waals surface area contributed by atoms with Crippen molar-refractivity contribution >= 4 is 10.8 Å². The monoisotopic (exact) mass is 230 g/mol. The van der Waals surface area contributed by atoms with Crippen LogP contribution in [0.4, 0.5) is 0 Å². The number of aromatic nitrogens is 1. The van der Waals surface area contributed by atoms with Gasteiger partial charge in [-0.3, -0.25) is 4.79 Å². The zero-order valence-corrected chi connectivity index (χ0v) is 9.40. The molecule has 1 atom stereocenters. The summed E-state index contributed by atoms with van der Waals surface area (Å²) in [5.74, 6) is 0.830. The number of ether oxygens (including phenoxy) is 1. The summed E-state index contributed by atoms with van der Waals surface area (Å²) in [5, 5.41) is 4.87. The highest BCUT2D eigenvalue weighted by Crippen LogP contribution is 2.20. The maximum atomic E-state index is 11.5. The highest BCUT2D eigenvalue weighted by atomic mass is 16.5. The van der Waals surface area contributed by atoms with Gasteiger partial charge in [0, 0.05) is 18.1 Å². The minimum atomic E-state index is -0.0587. The summed E-state index contributed by atoms with van der Waals surface area (Å²) in [4.78, 5) is 14.2. The number of aromatic amines is 1. The molecule has 0 amide bonds. The first-order chi connectivity index (χ1) is 8.33. The van der Waals surface area contributed by atoms with E-state index in [1.807, 2.05) is 24.3 Å². The van der Waals surface area contributed by atoms with E-state index in [1.165, 1.54) is 0 Å². The van der Waals surface area contributed by atoms with Gasteiger partial charge in [0.15, 0.2) is 0 Å². The van der Waals surface area contributed by atoms with Gasteiger partial charge in [0.2, 0.25) is 0 Å². The van der Waals surface area contributed by atoms with Gasteiger partial charge in [0.1, 0.15) is 11.9 Å². The summed E-state index contributed by atoms with van der Waals surface area (Å²) in [7, 11) is 0. The van der Waals surface area contributed by atoms with E-state index in [-0.39, 0.29) is 11.7 Å². The summed E-state index contributed by atoms with van der Waals surface area (Å²) in [6.07, 6.45) is 2.94. The van der Waals surface area contributed by atoms with E-state index in [1.54, 1.807) is 6.20 Å². The second kappa shape index (κ2) is 4.22. The van der Waals surface area contributed by atoms with Gasteiger partial charge in [-0.1, -0.05) is 0 Å². The van der Waals surface area contributed by atoms with E-state index < -0.39 is 0 Å². The van der Waals surface area contributed by atoms with E-state index in [4.69, 9.17) is 4.74 Å². The lowest BCUT2D eigenvalue weighted by Gasteiger charge is -2.12. The Kier molecular flexibility index (Phi) is 2.57. The van der Waals surface area contributed by atoms with Crippen molar-refractivity contribution in [2.75, 3.05) is 13.1 Å². The summed E-state index contributed by atoms with van der Waals surface area (Å²) in [6, 6.07) is 7.47. The zero-order valence-electron chi connectivity index (χ0n) is 9.40. The molecule has 0 radical (unpaired) electrons. The van der Waals surface area contributed by atoms with Crippen molar-refractivity contribution in [1.29, 1.82) is 0 Å². The van der Waals surface area contributed by atoms with E-state index in [0.29, 0.717) is 5.39 Å². The summed E-state index contributed by atoms with van der Waals surface area (Å²) in [6.45, 7) is 1.91. The zero-order chi connectivity index (χ0) is 11.7. The van der Waals surface area contributed by atoms with E-state index in [9.17, 15) is 4.79 Å². The Labute approximate surface area is 98.6 Å². The largest absolute Gasteiger partial charge is 0.489 e. The molecular weight excluding hydrogens is 216 g/mol. The van der Waals surface area contributed by atoms with Crippen LogP contribution in [0.2, 0.25) is 0 Å². The van der Waals surface area contributed by atoms with Crippen LogP contribution in [0.15, 0.2) is 35.3 Å². The molecule has 0 bridgehead atoms. The molecular formula is C13H14N2O2. The molecule has 1 saturated heterocycles. The van der Waals surface area contributed by atoms with Crippen molar-refractivity contribution in [2.24, 2.45) is 0 Å². The average molecular weight is 230 g/mol. The average Bonchev–Trinajstić information content (AvgIpc) is 2.82. The van der Waals surface area contributed by atoms with Gasteiger partial charge in [0.05, 0.1) is 0 Å². The summed E-state index contributed by atoms with van der Waals surface area (Å²) < 4.78 is 5.85. The highest BCUT2D eigenvalue weighted by Gasteiger charge is 2.15. The van der Waals surface area contributed by atoms with Crippen molar-refractivity contribution < 1.29 is 4.74 Å². The standard InChI is InChI=1S/C13H14N2O2/c16-13-12-2-1-10(7-9(12)3-6-15-13)17-11-4-5-14-8-11/h1-3,6-7,11,14H,4-5,8H2,(H,15,16)/t11-/m0/s1. The van der Waals surface area contributed by atoms with Gasteiger partial charge < -0.3 is 15.0 Å². The quantitative estimate of drug-likeness (QED) is 0.817. The Morgan fingerprint density at radius 3 is 3.06 bits per heavy atom. The SMILES string of the molecule is O=c1[nH]ccc2cc(O[C@H]3CCNC3)ccc12. The maximum absolute atomic E-state index is 11.5. The number of hydrogen-bond acceptors (Lipinski definition) is 3. The van der Waals surface area contributed by atoms with Gasteiger partial charge in [-0.05, 0) is 42.6 Å². The van der Waals surface area contributed by atoms with Crippen molar-refractivity contribution in [3.63, 3.8) is 0 Å². The third-order valence-electron chi connectivity index (χ3n) is 3.06. The Balaban J connectivity index is 1.93. The fourth-order valence-corrected chi connectivity index (χ4v) is 2.16. The van der Waals surface area contributed by atoms with Crippen LogP contribution in [0.3, 0.4) is 0 Å². The number of fused-ring (bicyclic) bond motifs is 1. The van der Waals surface area contributed by atoms with Crippen LogP contribution < -0.4 is 15.6 Å². The first-order valence-electron chi connectivity index (χ1n) is 5.82. The lowest BCUT2D eigenvalue weighted by molar-refractivity contribution is 0.223. The van der Waals surface area contributed by atoms with Gasteiger partial charge >= 0.3 is 0 Å². The summed E-state index contributed by atoms with van der Waals surface area (Å²) in [5.41, 5.74) is -0.0587. The van der Waals surface area contributed by atoms with Crippen molar-refractivity contribution in [1.82, 2.24) is 10.3 Å². The van der Waals surface area contributed by atoms with E-state index in [2.05, 4.69) is 10.3 Å². The lowest BCUT2D eigenvalue weighted by Crippen LogP contribution is -2.19. The molecule has 1 aliphatic heterocycles. The molecule has 2 aromatic rings. The van der Waals surface area contributed by atoms with Crippen LogP contribution in [0.25, 0.3) is 10.8 Å². The molecule has 1 aromatic heterocycles. The summed E-state index contributed by atoms with van der Waals surface area (Å²) >= 11 is 0. The second-order valence-electron chi connectivity index (χ2n) is 4.29. The number of nitrogens with one attached hydrogen (secondary N) is 2. The minimum absolute atomic E-state index is 0.0587. The minimum Gasteiger partial charge on any atom is -0.489 e. The Morgan fingerprint density at radius 1 is 1.29 bits per heavy atom. The van der Waals surface area contributed by atoms with Crippen LogP contribution in [0.5, 0.6) is 5.75 Å². The first-order valence-corrected chi connectivity index (χ1v) is 5.82. The number of hydrogen-bond donors (Lipinski definition) is 2. The predicted octanol–water partition coefficient (Wildman–Crippen LogP) is 1.27. The van der Waals surface area contributed by atoms with Crippen LogP contribution in [0, 0.1) is 0 Å². The molecule has 1 aromatic carbocycles. The first kappa shape index (κ1) is 10.4. The van der Waals surface area contributed by atoms with Gasteiger partial charge in [-0.2, -0.15) is 0 Å². The Morgan fingerprint density at radius 2 is 2.24 bits per heavy atom. The smallest absolute Gasteiger partial charge is 0.255 e. The molecule has 0 spiro atoms. The number of benzene rings is 1. The maximum Gasteiger partial charge on any atom is 0.255 e. The third kappa shape index (κ3) is 2.03. The molecule has 2 N–H and O–H groups in total. The number of pyridine rings is 1. The highest BCUT2D eigenvalue weighted by molar-refractivity contribution is 5.82. The fourth-order valence-electron chi connectivity index (χ4n) is 2.16. The molecule has 3 rings (SSSR count). The van der Waals surface area contributed by atoms with Crippen LogP contribution in [-0.2, 0) is 0 Å². The molecule has 4 nitrogen and oxygen atoms in total. The molecule has 4 heteroatoms. The van der Waals surface area contributed by atoms with Crippen molar-refractivity contribution in [3.05, 3.63) is 40.8 Å². The molecule has 1 aliphatic rings.